The molecular weight excluding hydrogens is 224 g/mol. The van der Waals surface area contributed by atoms with Crippen molar-refractivity contribution < 1.29 is 9.90 Å². The Morgan fingerprint density at radius 2 is 2.42 bits per heavy atom. The monoisotopic (exact) mass is 232 g/mol. The first kappa shape index (κ1) is 9.25. The molecule has 0 saturated carbocycles. The molecule has 0 aliphatic rings. The first-order valence-corrected chi connectivity index (χ1v) is 4.24. The minimum atomic E-state index is -0.842. The zero-order valence-electron chi connectivity index (χ0n) is 6.78. The highest BCUT2D eigenvalue weighted by Crippen LogP contribution is 2.18. The Labute approximate surface area is 78.3 Å². The predicted octanol–water partition coefficient (Wildman–Crippen LogP) is 1.37. The van der Waals surface area contributed by atoms with Crippen LogP contribution in [0.4, 0.5) is 0 Å². The number of hydrogen-bond acceptors (Lipinski definition) is 2. The number of aromatic nitrogens is 2. The Morgan fingerprint density at radius 1 is 1.83 bits per heavy atom. The van der Waals surface area contributed by atoms with E-state index in [4.69, 9.17) is 5.11 Å². The first-order valence-electron chi connectivity index (χ1n) is 3.44. The van der Waals surface area contributed by atoms with Crippen molar-refractivity contribution in [2.45, 2.75) is 12.8 Å². The van der Waals surface area contributed by atoms with E-state index in [9.17, 15) is 4.79 Å². The van der Waals surface area contributed by atoms with Gasteiger partial charge < -0.3 is 5.11 Å². The summed E-state index contributed by atoms with van der Waals surface area (Å²) in [6.45, 7) is 1.63. The van der Waals surface area contributed by atoms with Crippen LogP contribution in [0.15, 0.2) is 10.7 Å². The third kappa shape index (κ3) is 1.66. The molecule has 0 aliphatic carbocycles. The van der Waals surface area contributed by atoms with E-state index in [1.54, 1.807) is 24.7 Å². The molecule has 0 amide bonds. The smallest absolute Gasteiger partial charge is 0.312 e. The van der Waals surface area contributed by atoms with Crippen LogP contribution < -0.4 is 0 Å². The summed E-state index contributed by atoms with van der Waals surface area (Å²) >= 11 is 3.18. The Balaban J connectivity index is 3.02. The van der Waals surface area contributed by atoms with Gasteiger partial charge in [-0.25, -0.2) is 0 Å². The lowest BCUT2D eigenvalue weighted by atomic mass is 10.1. The van der Waals surface area contributed by atoms with Gasteiger partial charge in [0.1, 0.15) is 4.60 Å². The van der Waals surface area contributed by atoms with Gasteiger partial charge in [0.25, 0.3) is 0 Å². The molecule has 1 heterocycles. The quantitative estimate of drug-likeness (QED) is 0.839. The highest BCUT2D eigenvalue weighted by atomic mass is 79.9. The average molecular weight is 233 g/mol. The van der Waals surface area contributed by atoms with Crippen LogP contribution in [0.5, 0.6) is 0 Å². The van der Waals surface area contributed by atoms with Gasteiger partial charge in [0.05, 0.1) is 11.6 Å². The van der Waals surface area contributed by atoms with E-state index >= 15 is 0 Å². The fourth-order valence-electron chi connectivity index (χ4n) is 0.977. The summed E-state index contributed by atoms with van der Waals surface area (Å²) in [6, 6.07) is 1.71. The van der Waals surface area contributed by atoms with Crippen molar-refractivity contribution in [3.05, 3.63) is 16.4 Å². The second-order valence-corrected chi connectivity index (χ2v) is 3.39. The molecular formula is C7H9BrN2O2. The highest BCUT2D eigenvalue weighted by molar-refractivity contribution is 9.10. The number of carboxylic acid groups (broad SMARTS) is 1. The molecule has 1 rings (SSSR count). The van der Waals surface area contributed by atoms with Crippen LogP contribution in [0.2, 0.25) is 0 Å². The summed E-state index contributed by atoms with van der Waals surface area (Å²) in [7, 11) is 1.72. The summed E-state index contributed by atoms with van der Waals surface area (Å²) in [6.07, 6.45) is 0. The fraction of sp³-hybridized carbons (Fsp3) is 0.429. The van der Waals surface area contributed by atoms with Crippen molar-refractivity contribution in [1.29, 1.82) is 0 Å². The van der Waals surface area contributed by atoms with Crippen LogP contribution in [0.3, 0.4) is 0 Å². The van der Waals surface area contributed by atoms with Crippen LogP contribution in [0.25, 0.3) is 0 Å². The van der Waals surface area contributed by atoms with Crippen molar-refractivity contribution in [3.63, 3.8) is 0 Å². The van der Waals surface area contributed by atoms with Gasteiger partial charge in [0, 0.05) is 7.05 Å². The Hall–Kier alpha value is -0.840. The minimum absolute atomic E-state index is 0.520. The Morgan fingerprint density at radius 3 is 2.75 bits per heavy atom. The van der Waals surface area contributed by atoms with Crippen molar-refractivity contribution in [3.8, 4) is 0 Å². The normalized spacial score (nSPS) is 12.9. The molecule has 4 nitrogen and oxygen atoms in total. The van der Waals surface area contributed by atoms with E-state index in [2.05, 4.69) is 21.0 Å². The van der Waals surface area contributed by atoms with Gasteiger partial charge in [0.15, 0.2) is 0 Å². The van der Waals surface area contributed by atoms with E-state index in [0.29, 0.717) is 10.3 Å². The maximum atomic E-state index is 10.6. The summed E-state index contributed by atoms with van der Waals surface area (Å²) in [5.41, 5.74) is 0.689. The Kier molecular flexibility index (Phi) is 2.52. The van der Waals surface area contributed by atoms with Gasteiger partial charge >= 0.3 is 5.97 Å². The molecule has 0 spiro atoms. The molecule has 0 fully saturated rings. The summed E-state index contributed by atoms with van der Waals surface area (Å²) in [5.74, 6) is -1.36. The lowest BCUT2D eigenvalue weighted by Crippen LogP contribution is -2.11. The summed E-state index contributed by atoms with van der Waals surface area (Å²) in [5, 5.41) is 12.7. The molecule has 0 radical (unpaired) electrons. The number of aryl methyl sites for hydroxylation is 1. The third-order valence-corrected chi connectivity index (χ3v) is 2.09. The first-order chi connectivity index (χ1) is 5.52. The third-order valence-electron chi connectivity index (χ3n) is 1.70. The second kappa shape index (κ2) is 3.26. The number of carbonyl (C=O) groups is 1. The SMILES string of the molecule is CC(C(=O)O)c1cc(Br)nn1C. The number of nitrogens with zero attached hydrogens (tertiary/aromatic N) is 2. The zero-order valence-corrected chi connectivity index (χ0v) is 8.37. The molecule has 0 saturated heterocycles. The van der Waals surface area contributed by atoms with Crippen molar-refractivity contribution in [2.75, 3.05) is 0 Å². The lowest BCUT2D eigenvalue weighted by molar-refractivity contribution is -0.138. The molecule has 1 unspecified atom stereocenters. The van der Waals surface area contributed by atoms with Crippen LogP contribution in [0, 0.1) is 0 Å². The van der Waals surface area contributed by atoms with Gasteiger partial charge in [-0.05, 0) is 28.9 Å². The van der Waals surface area contributed by atoms with E-state index in [1.807, 2.05) is 0 Å². The van der Waals surface area contributed by atoms with E-state index in [-0.39, 0.29) is 0 Å². The molecule has 0 aromatic carbocycles. The van der Waals surface area contributed by atoms with Gasteiger partial charge in [-0.3, -0.25) is 9.48 Å². The highest BCUT2D eigenvalue weighted by Gasteiger charge is 2.17. The maximum Gasteiger partial charge on any atom is 0.312 e. The van der Waals surface area contributed by atoms with Crippen molar-refractivity contribution in [2.24, 2.45) is 7.05 Å². The topological polar surface area (TPSA) is 55.1 Å². The van der Waals surface area contributed by atoms with E-state index < -0.39 is 11.9 Å². The second-order valence-electron chi connectivity index (χ2n) is 2.58. The van der Waals surface area contributed by atoms with Gasteiger partial charge in [0.2, 0.25) is 0 Å². The molecule has 1 N–H and O–H groups in total. The van der Waals surface area contributed by atoms with Gasteiger partial charge in [-0.15, -0.1) is 0 Å². The van der Waals surface area contributed by atoms with Gasteiger partial charge in [-0.1, -0.05) is 0 Å². The zero-order chi connectivity index (χ0) is 9.30. The lowest BCUT2D eigenvalue weighted by Gasteiger charge is -2.04. The molecule has 1 aromatic rings. The maximum absolute atomic E-state index is 10.6. The van der Waals surface area contributed by atoms with Crippen LogP contribution >= 0.6 is 15.9 Å². The molecule has 66 valence electrons. The van der Waals surface area contributed by atoms with Crippen LogP contribution in [-0.4, -0.2) is 20.9 Å². The standard InChI is InChI=1S/C7H9BrN2O2/c1-4(7(11)12)5-3-6(8)9-10(5)2/h3-4H,1-2H3,(H,11,12). The Bertz CT molecular complexity index is 308. The minimum Gasteiger partial charge on any atom is -0.481 e. The average Bonchev–Trinajstić information content (AvgIpc) is 2.28. The van der Waals surface area contributed by atoms with Gasteiger partial charge in [-0.2, -0.15) is 5.10 Å². The number of hydrogen-bond donors (Lipinski definition) is 1. The largest absolute Gasteiger partial charge is 0.481 e. The molecule has 0 bridgehead atoms. The van der Waals surface area contributed by atoms with Crippen LogP contribution in [0.1, 0.15) is 18.5 Å². The van der Waals surface area contributed by atoms with Crippen molar-refractivity contribution in [1.82, 2.24) is 9.78 Å². The summed E-state index contributed by atoms with van der Waals surface area (Å²) < 4.78 is 2.22. The predicted molar refractivity (Wildman–Crippen MR) is 47.0 cm³/mol. The number of rotatable bonds is 2. The van der Waals surface area contributed by atoms with Crippen LogP contribution in [-0.2, 0) is 11.8 Å². The molecule has 1 aromatic heterocycles. The molecule has 5 heteroatoms. The van der Waals surface area contributed by atoms with E-state index in [1.165, 1.54) is 0 Å². The number of aliphatic carboxylic acids is 1. The molecule has 12 heavy (non-hydrogen) atoms. The van der Waals surface area contributed by atoms with Crippen molar-refractivity contribution >= 4 is 21.9 Å². The number of halogens is 1. The molecule has 1 atom stereocenters. The fourth-order valence-corrected chi connectivity index (χ4v) is 1.45. The molecule has 0 aliphatic heterocycles. The van der Waals surface area contributed by atoms with E-state index in [0.717, 1.165) is 0 Å². The number of carboxylic acids is 1. The summed E-state index contributed by atoms with van der Waals surface area (Å²) in [4.78, 5) is 10.6.